The van der Waals surface area contributed by atoms with Crippen molar-refractivity contribution in [2.45, 2.75) is 44.9 Å². The fraction of sp³-hybridized carbons (Fsp3) is 0.350. The molecule has 4 nitrogen and oxygen atoms in total. The number of hydrogen-bond acceptors (Lipinski definition) is 3. The van der Waals surface area contributed by atoms with Crippen molar-refractivity contribution >= 4 is 11.6 Å². The fourth-order valence-corrected chi connectivity index (χ4v) is 3.19. The van der Waals surface area contributed by atoms with E-state index in [1.54, 1.807) is 24.4 Å². The van der Waals surface area contributed by atoms with Crippen LogP contribution in [0.5, 0.6) is 0 Å². The van der Waals surface area contributed by atoms with Crippen LogP contribution in [0.25, 0.3) is 0 Å². The number of pyridine rings is 1. The van der Waals surface area contributed by atoms with Crippen molar-refractivity contribution in [1.82, 2.24) is 10.4 Å². The molecule has 24 heavy (non-hydrogen) atoms. The molecule has 3 rings (SSSR count). The van der Waals surface area contributed by atoms with E-state index < -0.39 is 0 Å². The van der Waals surface area contributed by atoms with Gasteiger partial charge in [-0.3, -0.25) is 9.78 Å². The molecule has 0 radical (unpaired) electrons. The second kappa shape index (κ2) is 7.86. The molecule has 1 aromatic heterocycles. The van der Waals surface area contributed by atoms with Crippen LogP contribution in [-0.2, 0) is 0 Å². The molecule has 1 aliphatic carbocycles. The molecular weight excluding hydrogens is 298 g/mol. The van der Waals surface area contributed by atoms with Crippen LogP contribution in [0.4, 0.5) is 0 Å². The van der Waals surface area contributed by atoms with Gasteiger partial charge in [-0.25, -0.2) is 5.43 Å². The van der Waals surface area contributed by atoms with Crippen molar-refractivity contribution in [1.29, 1.82) is 0 Å². The van der Waals surface area contributed by atoms with E-state index in [0.717, 1.165) is 11.3 Å². The monoisotopic (exact) mass is 321 g/mol. The Morgan fingerprint density at radius 2 is 1.83 bits per heavy atom. The molecule has 1 heterocycles. The van der Waals surface area contributed by atoms with Crippen LogP contribution in [-0.4, -0.2) is 16.6 Å². The Morgan fingerprint density at radius 3 is 2.50 bits per heavy atom. The van der Waals surface area contributed by atoms with Crippen molar-refractivity contribution in [2.24, 2.45) is 5.10 Å². The summed E-state index contributed by atoms with van der Waals surface area (Å²) >= 11 is 0. The molecule has 0 bridgehead atoms. The molecule has 0 saturated heterocycles. The second-order valence-electron chi connectivity index (χ2n) is 6.31. The van der Waals surface area contributed by atoms with E-state index in [-0.39, 0.29) is 5.91 Å². The first kappa shape index (κ1) is 16.4. The number of carbonyl (C=O) groups is 1. The van der Waals surface area contributed by atoms with Crippen LogP contribution in [0.3, 0.4) is 0 Å². The minimum atomic E-state index is -0.297. The maximum absolute atomic E-state index is 12.0. The molecule has 0 aliphatic heterocycles. The summed E-state index contributed by atoms with van der Waals surface area (Å²) in [7, 11) is 0. The Balaban J connectivity index is 1.64. The van der Waals surface area contributed by atoms with Gasteiger partial charge in [-0.05, 0) is 48.9 Å². The first-order chi connectivity index (χ1) is 11.7. The molecule has 1 amide bonds. The lowest BCUT2D eigenvalue weighted by molar-refractivity contribution is 0.0950. The zero-order chi connectivity index (χ0) is 16.8. The Bertz CT molecular complexity index is 701. The van der Waals surface area contributed by atoms with Gasteiger partial charge in [-0.15, -0.1) is 0 Å². The zero-order valence-corrected chi connectivity index (χ0v) is 14.0. The van der Waals surface area contributed by atoms with Crippen LogP contribution >= 0.6 is 0 Å². The summed E-state index contributed by atoms with van der Waals surface area (Å²) in [6, 6.07) is 13.8. The minimum Gasteiger partial charge on any atom is -0.266 e. The largest absolute Gasteiger partial charge is 0.289 e. The molecule has 0 spiro atoms. The highest BCUT2D eigenvalue weighted by atomic mass is 16.2. The number of aromatic nitrogens is 1. The zero-order valence-electron chi connectivity index (χ0n) is 14.0. The highest BCUT2D eigenvalue weighted by molar-refractivity contribution is 6.00. The second-order valence-corrected chi connectivity index (χ2v) is 6.31. The fourth-order valence-electron chi connectivity index (χ4n) is 3.19. The summed E-state index contributed by atoms with van der Waals surface area (Å²) in [5, 5.41) is 4.19. The Kier molecular flexibility index (Phi) is 5.36. The smallest absolute Gasteiger partial charge is 0.266 e. The van der Waals surface area contributed by atoms with E-state index in [0.29, 0.717) is 11.6 Å². The maximum atomic E-state index is 12.0. The van der Waals surface area contributed by atoms with Crippen LogP contribution in [0.15, 0.2) is 53.8 Å². The normalized spacial score (nSPS) is 16.0. The van der Waals surface area contributed by atoms with Crippen molar-refractivity contribution in [3.8, 4) is 0 Å². The Hall–Kier alpha value is -2.49. The van der Waals surface area contributed by atoms with Gasteiger partial charge in [0.2, 0.25) is 0 Å². The van der Waals surface area contributed by atoms with E-state index >= 15 is 0 Å². The number of benzene rings is 1. The number of nitrogens with one attached hydrogen (secondary N) is 1. The van der Waals surface area contributed by atoms with Gasteiger partial charge in [0, 0.05) is 6.20 Å². The van der Waals surface area contributed by atoms with E-state index in [4.69, 9.17) is 0 Å². The first-order valence-corrected chi connectivity index (χ1v) is 8.60. The van der Waals surface area contributed by atoms with Crippen LogP contribution in [0.1, 0.15) is 66.6 Å². The standard InChI is InChI=1S/C20H23N3O/c1-15(22-23-20(24)19-9-5-6-14-21-19)16-10-12-18(13-11-16)17-7-3-2-4-8-17/h5-6,9-14,17H,2-4,7-8H2,1H3,(H,23,24)/b22-15+. The quantitative estimate of drug-likeness (QED) is 0.675. The Labute approximate surface area is 143 Å². The Morgan fingerprint density at radius 1 is 1.08 bits per heavy atom. The average Bonchev–Trinajstić information content (AvgIpc) is 2.67. The van der Waals surface area contributed by atoms with Crippen LogP contribution < -0.4 is 5.43 Å². The van der Waals surface area contributed by atoms with E-state index in [9.17, 15) is 4.79 Å². The summed E-state index contributed by atoms with van der Waals surface area (Å²) in [4.78, 5) is 16.0. The topological polar surface area (TPSA) is 54.4 Å². The molecule has 1 fully saturated rings. The third-order valence-electron chi connectivity index (χ3n) is 4.63. The van der Waals surface area contributed by atoms with Gasteiger partial charge < -0.3 is 0 Å². The van der Waals surface area contributed by atoms with Crippen molar-refractivity contribution in [2.75, 3.05) is 0 Å². The molecule has 2 aromatic rings. The van der Waals surface area contributed by atoms with Crippen molar-refractivity contribution in [3.63, 3.8) is 0 Å². The van der Waals surface area contributed by atoms with Gasteiger partial charge in [0.1, 0.15) is 5.69 Å². The molecule has 1 saturated carbocycles. The minimum absolute atomic E-state index is 0.297. The number of rotatable bonds is 4. The molecular formula is C20H23N3O. The van der Waals surface area contributed by atoms with Crippen molar-refractivity contribution < 1.29 is 4.79 Å². The van der Waals surface area contributed by atoms with Gasteiger partial charge >= 0.3 is 0 Å². The molecule has 124 valence electrons. The summed E-state index contributed by atoms with van der Waals surface area (Å²) in [5.41, 5.74) is 6.16. The number of carbonyl (C=O) groups excluding carboxylic acids is 1. The summed E-state index contributed by atoms with van der Waals surface area (Å²) in [5.74, 6) is 0.405. The first-order valence-electron chi connectivity index (χ1n) is 8.60. The van der Waals surface area contributed by atoms with Crippen LogP contribution in [0, 0.1) is 0 Å². The molecule has 0 unspecified atom stereocenters. The van der Waals surface area contributed by atoms with Gasteiger partial charge in [0.15, 0.2) is 0 Å². The van der Waals surface area contributed by atoms with Gasteiger partial charge in [-0.1, -0.05) is 49.6 Å². The third kappa shape index (κ3) is 4.07. The molecule has 1 aliphatic rings. The molecule has 0 atom stereocenters. The van der Waals surface area contributed by atoms with Crippen molar-refractivity contribution in [3.05, 3.63) is 65.5 Å². The van der Waals surface area contributed by atoms with Gasteiger partial charge in [-0.2, -0.15) is 5.10 Å². The number of amides is 1. The SMILES string of the molecule is C/C(=N\NC(=O)c1ccccn1)c1ccc(C2CCCCC2)cc1. The average molecular weight is 321 g/mol. The molecule has 4 heteroatoms. The predicted octanol–water partition coefficient (Wildman–Crippen LogP) is 4.28. The number of hydrazone groups is 1. The summed E-state index contributed by atoms with van der Waals surface area (Å²) < 4.78 is 0. The lowest BCUT2D eigenvalue weighted by Gasteiger charge is -2.22. The molecule has 1 N–H and O–H groups in total. The number of hydrogen-bond donors (Lipinski definition) is 1. The predicted molar refractivity (Wildman–Crippen MR) is 96.2 cm³/mol. The lowest BCUT2D eigenvalue weighted by atomic mass is 9.84. The third-order valence-corrected chi connectivity index (χ3v) is 4.63. The van der Waals surface area contributed by atoms with E-state index in [2.05, 4.69) is 39.8 Å². The van der Waals surface area contributed by atoms with Gasteiger partial charge in [0.25, 0.3) is 5.91 Å². The maximum Gasteiger partial charge on any atom is 0.289 e. The highest BCUT2D eigenvalue weighted by Gasteiger charge is 2.15. The lowest BCUT2D eigenvalue weighted by Crippen LogP contribution is -2.20. The van der Waals surface area contributed by atoms with Gasteiger partial charge in [0.05, 0.1) is 5.71 Å². The van der Waals surface area contributed by atoms with E-state index in [1.165, 1.54) is 37.7 Å². The highest BCUT2D eigenvalue weighted by Crippen LogP contribution is 2.32. The summed E-state index contributed by atoms with van der Waals surface area (Å²) in [6.07, 6.45) is 8.24. The molecule has 1 aromatic carbocycles. The number of nitrogens with zero attached hydrogens (tertiary/aromatic N) is 2. The van der Waals surface area contributed by atoms with E-state index in [1.807, 2.05) is 6.92 Å². The summed E-state index contributed by atoms with van der Waals surface area (Å²) in [6.45, 7) is 1.90. The van der Waals surface area contributed by atoms with Crippen LogP contribution in [0.2, 0.25) is 0 Å².